The van der Waals surface area contributed by atoms with Crippen molar-refractivity contribution in [3.8, 4) is 0 Å². The van der Waals surface area contributed by atoms with Gasteiger partial charge in [0.15, 0.2) is 10.2 Å². The molecular formula is C22H21N5O4S3. The summed E-state index contributed by atoms with van der Waals surface area (Å²) in [5.41, 5.74) is 1.92. The van der Waals surface area contributed by atoms with Crippen LogP contribution in [0.15, 0.2) is 81.3 Å². The molecule has 0 radical (unpaired) electrons. The van der Waals surface area contributed by atoms with Crippen LogP contribution in [0.25, 0.3) is 0 Å². The smallest absolute Gasteiger partial charge is 0.263 e. The van der Waals surface area contributed by atoms with Crippen LogP contribution in [0.2, 0.25) is 0 Å². The van der Waals surface area contributed by atoms with Gasteiger partial charge in [0.05, 0.1) is 10.5 Å². The Morgan fingerprint density at radius 1 is 1.15 bits per heavy atom. The molecule has 3 aromatic rings. The summed E-state index contributed by atoms with van der Waals surface area (Å²) >= 11 is 6.35. The van der Waals surface area contributed by atoms with Crippen molar-refractivity contribution in [2.75, 3.05) is 15.4 Å². The summed E-state index contributed by atoms with van der Waals surface area (Å²) in [6, 6.07) is 13.1. The zero-order valence-corrected chi connectivity index (χ0v) is 20.6. The van der Waals surface area contributed by atoms with Gasteiger partial charge in [-0.1, -0.05) is 18.2 Å². The molecule has 0 saturated heterocycles. The highest BCUT2D eigenvalue weighted by molar-refractivity contribution is 7.93. The van der Waals surface area contributed by atoms with Crippen LogP contribution in [0, 0.1) is 6.92 Å². The molecule has 0 bridgehead atoms. The third kappa shape index (κ3) is 6.70. The van der Waals surface area contributed by atoms with Crippen molar-refractivity contribution in [3.05, 3.63) is 77.0 Å². The van der Waals surface area contributed by atoms with Crippen molar-refractivity contribution in [2.45, 2.75) is 18.7 Å². The maximum Gasteiger partial charge on any atom is 0.263 e. The SMILES string of the molecule is C/C(O)=C(/C=N\C(=S)Nc1ccc(S(=O)(=O)Nc2nccs2)cc1)C(=O)Nc1ccccc1C. The fourth-order valence-electron chi connectivity index (χ4n) is 2.66. The summed E-state index contributed by atoms with van der Waals surface area (Å²) in [6.45, 7) is 3.22. The Labute approximate surface area is 206 Å². The molecule has 0 atom stereocenters. The first-order chi connectivity index (χ1) is 16.2. The lowest BCUT2D eigenvalue weighted by Crippen LogP contribution is -2.18. The Morgan fingerprint density at radius 2 is 1.85 bits per heavy atom. The predicted molar refractivity (Wildman–Crippen MR) is 139 cm³/mol. The van der Waals surface area contributed by atoms with E-state index in [2.05, 4.69) is 25.3 Å². The Morgan fingerprint density at radius 3 is 2.47 bits per heavy atom. The number of sulfonamides is 1. The van der Waals surface area contributed by atoms with Gasteiger partial charge < -0.3 is 15.7 Å². The van der Waals surface area contributed by atoms with Crippen molar-refractivity contribution in [1.29, 1.82) is 0 Å². The molecule has 12 heteroatoms. The van der Waals surface area contributed by atoms with Crippen LogP contribution in [-0.2, 0) is 14.8 Å². The fraction of sp³-hybridized carbons (Fsp3) is 0.0909. The van der Waals surface area contributed by atoms with E-state index in [0.717, 1.165) is 11.8 Å². The largest absolute Gasteiger partial charge is 0.512 e. The number of rotatable bonds is 7. The predicted octanol–water partition coefficient (Wildman–Crippen LogP) is 4.49. The average Bonchev–Trinajstić information content (AvgIpc) is 3.28. The molecule has 34 heavy (non-hydrogen) atoms. The number of hydrogen-bond donors (Lipinski definition) is 4. The summed E-state index contributed by atoms with van der Waals surface area (Å²) in [6.07, 6.45) is 2.66. The zero-order valence-electron chi connectivity index (χ0n) is 18.1. The first-order valence-electron chi connectivity index (χ1n) is 9.80. The molecule has 1 aromatic heterocycles. The number of nitrogens with one attached hydrogen (secondary N) is 3. The summed E-state index contributed by atoms with van der Waals surface area (Å²) in [5, 5.41) is 17.4. The molecule has 9 nitrogen and oxygen atoms in total. The minimum Gasteiger partial charge on any atom is -0.512 e. The summed E-state index contributed by atoms with van der Waals surface area (Å²) in [5.74, 6) is -0.761. The molecule has 176 valence electrons. The van der Waals surface area contributed by atoms with Crippen LogP contribution in [0.1, 0.15) is 12.5 Å². The number of benzene rings is 2. The highest BCUT2D eigenvalue weighted by atomic mass is 32.2. The summed E-state index contributed by atoms with van der Waals surface area (Å²) < 4.78 is 27.2. The van der Waals surface area contributed by atoms with Crippen molar-refractivity contribution in [1.82, 2.24) is 4.98 Å². The van der Waals surface area contributed by atoms with Crippen LogP contribution in [-0.4, -0.2) is 35.7 Å². The van der Waals surface area contributed by atoms with Gasteiger partial charge in [0.1, 0.15) is 5.76 Å². The minimum absolute atomic E-state index is 0.0129. The zero-order chi connectivity index (χ0) is 24.7. The Hall–Kier alpha value is -3.61. The first-order valence-corrected chi connectivity index (χ1v) is 12.6. The molecule has 1 heterocycles. The molecule has 3 rings (SSSR count). The van der Waals surface area contributed by atoms with Gasteiger partial charge in [0, 0.05) is 29.2 Å². The number of aliphatic hydroxyl groups is 1. The Balaban J connectivity index is 1.64. The molecule has 2 aromatic carbocycles. The number of aromatic nitrogens is 1. The van der Waals surface area contributed by atoms with Gasteiger partial charge in [0.25, 0.3) is 15.9 Å². The molecule has 0 aliphatic rings. The van der Waals surface area contributed by atoms with E-state index in [1.807, 2.05) is 19.1 Å². The van der Waals surface area contributed by atoms with Crippen LogP contribution in [0.4, 0.5) is 16.5 Å². The lowest BCUT2D eigenvalue weighted by atomic mass is 10.2. The van der Waals surface area contributed by atoms with E-state index in [1.165, 1.54) is 48.7 Å². The summed E-state index contributed by atoms with van der Waals surface area (Å²) in [4.78, 5) is 20.6. The van der Waals surface area contributed by atoms with Gasteiger partial charge in [-0.25, -0.2) is 18.4 Å². The van der Waals surface area contributed by atoms with Crippen LogP contribution in [0.5, 0.6) is 0 Å². The van der Waals surface area contributed by atoms with Gasteiger partial charge in [-0.2, -0.15) is 0 Å². The average molecular weight is 516 g/mol. The third-order valence-electron chi connectivity index (χ3n) is 4.41. The maximum atomic E-state index is 12.6. The highest BCUT2D eigenvalue weighted by Gasteiger charge is 2.16. The molecule has 0 aliphatic heterocycles. The van der Waals surface area contributed by atoms with E-state index in [1.54, 1.807) is 17.5 Å². The number of nitrogens with zero attached hydrogens (tertiary/aromatic N) is 2. The Bertz CT molecular complexity index is 1350. The van der Waals surface area contributed by atoms with E-state index in [-0.39, 0.29) is 26.5 Å². The number of amides is 1. The number of thiazole rings is 1. The van der Waals surface area contributed by atoms with Crippen molar-refractivity contribution in [2.24, 2.45) is 4.99 Å². The quantitative estimate of drug-likeness (QED) is 0.158. The van der Waals surface area contributed by atoms with Gasteiger partial charge in [-0.3, -0.25) is 9.52 Å². The number of anilines is 3. The van der Waals surface area contributed by atoms with Crippen LogP contribution >= 0.6 is 23.6 Å². The normalized spacial score (nSPS) is 12.2. The van der Waals surface area contributed by atoms with Crippen molar-refractivity contribution < 1.29 is 18.3 Å². The number of thiocarbonyl (C=S) groups is 1. The number of aliphatic imine (C=N–C) groups is 1. The van der Waals surface area contributed by atoms with Crippen molar-refractivity contribution >= 4 is 67.3 Å². The van der Waals surface area contributed by atoms with Gasteiger partial charge in [0.2, 0.25) is 0 Å². The monoisotopic (exact) mass is 515 g/mol. The topological polar surface area (TPSA) is 133 Å². The first kappa shape index (κ1) is 25.0. The number of hydrogen-bond acceptors (Lipinski definition) is 7. The highest BCUT2D eigenvalue weighted by Crippen LogP contribution is 2.20. The van der Waals surface area contributed by atoms with Gasteiger partial charge in [-0.15, -0.1) is 11.3 Å². The molecule has 0 spiro atoms. The van der Waals surface area contributed by atoms with Gasteiger partial charge in [-0.05, 0) is 62.0 Å². The van der Waals surface area contributed by atoms with E-state index >= 15 is 0 Å². The lowest BCUT2D eigenvalue weighted by molar-refractivity contribution is -0.112. The van der Waals surface area contributed by atoms with E-state index < -0.39 is 15.9 Å². The number of carbonyl (C=O) groups is 1. The number of carbonyl (C=O) groups excluding carboxylic acids is 1. The van der Waals surface area contributed by atoms with E-state index in [0.29, 0.717) is 11.4 Å². The second kappa shape index (κ2) is 11.0. The molecule has 0 aliphatic carbocycles. The Kier molecular flexibility index (Phi) is 8.10. The second-order valence-corrected chi connectivity index (χ2v) is 9.89. The summed E-state index contributed by atoms with van der Waals surface area (Å²) in [7, 11) is -3.77. The second-order valence-electron chi connectivity index (χ2n) is 6.92. The molecule has 0 fully saturated rings. The molecule has 4 N–H and O–H groups in total. The van der Waals surface area contributed by atoms with E-state index in [9.17, 15) is 18.3 Å². The van der Waals surface area contributed by atoms with Gasteiger partial charge >= 0.3 is 0 Å². The number of allylic oxidation sites excluding steroid dienone is 1. The minimum atomic E-state index is -3.77. The fourth-order valence-corrected chi connectivity index (χ4v) is 4.62. The lowest BCUT2D eigenvalue weighted by Gasteiger charge is -2.09. The molecule has 1 amide bonds. The maximum absolute atomic E-state index is 12.6. The molecule has 0 unspecified atom stereocenters. The standard InChI is InChI=1S/C22H21N5O4S3/c1-14-5-3-4-6-19(14)26-20(29)18(15(2)28)13-24-21(32)25-16-7-9-17(10-8-16)34(30,31)27-22-23-11-12-33-22/h3-13,28H,1-2H3,(H,23,27)(H,25,32)(H,26,29)/b18-15+,24-13-. The van der Waals surface area contributed by atoms with E-state index in [4.69, 9.17) is 12.2 Å². The third-order valence-corrected chi connectivity index (χ3v) is 6.79. The number of aliphatic hydroxyl groups excluding tert-OH is 1. The number of para-hydroxylation sites is 1. The van der Waals surface area contributed by atoms with Crippen LogP contribution < -0.4 is 15.4 Å². The number of aryl methyl sites for hydroxylation is 1. The van der Waals surface area contributed by atoms with Crippen molar-refractivity contribution in [3.63, 3.8) is 0 Å². The molecular weight excluding hydrogens is 494 g/mol. The molecule has 0 saturated carbocycles. The van der Waals surface area contributed by atoms with Crippen LogP contribution in [0.3, 0.4) is 0 Å².